The van der Waals surface area contributed by atoms with Crippen LogP contribution in [-0.4, -0.2) is 29.6 Å². The molecule has 17 heavy (non-hydrogen) atoms. The van der Waals surface area contributed by atoms with Crippen molar-refractivity contribution >= 4 is 5.95 Å². The summed E-state index contributed by atoms with van der Waals surface area (Å²) in [7, 11) is 1.96. The van der Waals surface area contributed by atoms with Crippen LogP contribution in [0.25, 0.3) is 0 Å². The molecule has 0 aliphatic rings. The second-order valence-corrected chi connectivity index (χ2v) is 4.49. The van der Waals surface area contributed by atoms with Crippen LogP contribution in [0.15, 0.2) is 18.9 Å². The first-order valence-corrected chi connectivity index (χ1v) is 5.92. The molecule has 0 aliphatic heterocycles. The zero-order chi connectivity index (χ0) is 12.8. The zero-order valence-electron chi connectivity index (χ0n) is 11.2. The fourth-order valence-electron chi connectivity index (χ4n) is 1.43. The van der Waals surface area contributed by atoms with E-state index in [0.29, 0.717) is 6.04 Å². The van der Waals surface area contributed by atoms with Crippen LogP contribution in [0.3, 0.4) is 0 Å². The van der Waals surface area contributed by atoms with Gasteiger partial charge in [0.1, 0.15) is 0 Å². The Morgan fingerprint density at radius 2 is 2.24 bits per heavy atom. The number of aromatic nitrogens is 2. The molecule has 94 valence electrons. The highest BCUT2D eigenvalue weighted by atomic mass is 15.2. The van der Waals surface area contributed by atoms with Crippen LogP contribution in [-0.2, 0) is 6.54 Å². The lowest BCUT2D eigenvalue weighted by Gasteiger charge is -2.16. The van der Waals surface area contributed by atoms with E-state index >= 15 is 0 Å². The Hall–Kier alpha value is -1.42. The summed E-state index contributed by atoms with van der Waals surface area (Å²) in [6.07, 6.45) is 3.74. The van der Waals surface area contributed by atoms with E-state index in [0.717, 1.165) is 30.3 Å². The molecule has 0 fully saturated rings. The maximum Gasteiger partial charge on any atom is 0.225 e. The van der Waals surface area contributed by atoms with Crippen LogP contribution in [0, 0.1) is 6.92 Å². The Morgan fingerprint density at radius 1 is 1.53 bits per heavy atom. The van der Waals surface area contributed by atoms with Crippen molar-refractivity contribution in [2.45, 2.75) is 33.4 Å². The van der Waals surface area contributed by atoms with Gasteiger partial charge in [-0.3, -0.25) is 0 Å². The van der Waals surface area contributed by atoms with Gasteiger partial charge in [-0.2, -0.15) is 0 Å². The monoisotopic (exact) mass is 234 g/mol. The van der Waals surface area contributed by atoms with Crippen LogP contribution in [0.4, 0.5) is 5.95 Å². The number of hydrogen-bond acceptors (Lipinski definition) is 4. The SMILES string of the molecule is C=CCN(C)c1ncc(CNC(C)C)c(C)n1. The molecular weight excluding hydrogens is 212 g/mol. The summed E-state index contributed by atoms with van der Waals surface area (Å²) < 4.78 is 0. The first-order chi connectivity index (χ1) is 8.04. The van der Waals surface area contributed by atoms with Gasteiger partial charge in [-0.05, 0) is 6.92 Å². The van der Waals surface area contributed by atoms with Gasteiger partial charge in [-0.1, -0.05) is 19.9 Å². The minimum atomic E-state index is 0.470. The van der Waals surface area contributed by atoms with E-state index in [9.17, 15) is 0 Å². The largest absolute Gasteiger partial charge is 0.340 e. The quantitative estimate of drug-likeness (QED) is 0.763. The summed E-state index contributed by atoms with van der Waals surface area (Å²) in [6, 6.07) is 0.470. The zero-order valence-corrected chi connectivity index (χ0v) is 11.2. The van der Waals surface area contributed by atoms with Crippen LogP contribution >= 0.6 is 0 Å². The lowest BCUT2D eigenvalue weighted by Crippen LogP contribution is -2.24. The van der Waals surface area contributed by atoms with Gasteiger partial charge in [0, 0.05) is 43.6 Å². The molecule has 0 saturated carbocycles. The van der Waals surface area contributed by atoms with Crippen molar-refractivity contribution in [2.24, 2.45) is 0 Å². The fourth-order valence-corrected chi connectivity index (χ4v) is 1.43. The van der Waals surface area contributed by atoms with Gasteiger partial charge < -0.3 is 10.2 Å². The average molecular weight is 234 g/mol. The Balaban J connectivity index is 2.75. The van der Waals surface area contributed by atoms with Crippen molar-refractivity contribution < 1.29 is 0 Å². The molecule has 0 bridgehead atoms. The molecule has 4 nitrogen and oxygen atoms in total. The molecule has 1 aromatic heterocycles. The van der Waals surface area contributed by atoms with Gasteiger partial charge >= 0.3 is 0 Å². The summed E-state index contributed by atoms with van der Waals surface area (Å²) >= 11 is 0. The van der Waals surface area contributed by atoms with E-state index < -0.39 is 0 Å². The van der Waals surface area contributed by atoms with E-state index in [-0.39, 0.29) is 0 Å². The lowest BCUT2D eigenvalue weighted by molar-refractivity contribution is 0.585. The molecule has 1 rings (SSSR count). The number of aryl methyl sites for hydroxylation is 1. The van der Waals surface area contributed by atoms with Gasteiger partial charge in [0.2, 0.25) is 5.95 Å². The smallest absolute Gasteiger partial charge is 0.225 e. The van der Waals surface area contributed by atoms with E-state index in [4.69, 9.17) is 0 Å². The maximum atomic E-state index is 4.50. The van der Waals surface area contributed by atoms with Crippen LogP contribution in [0.2, 0.25) is 0 Å². The molecule has 4 heteroatoms. The highest BCUT2D eigenvalue weighted by Crippen LogP contribution is 2.10. The first-order valence-electron chi connectivity index (χ1n) is 5.92. The van der Waals surface area contributed by atoms with Gasteiger partial charge in [-0.15, -0.1) is 6.58 Å². The van der Waals surface area contributed by atoms with Crippen molar-refractivity contribution in [2.75, 3.05) is 18.5 Å². The van der Waals surface area contributed by atoms with Crippen molar-refractivity contribution in [3.8, 4) is 0 Å². The maximum absolute atomic E-state index is 4.50. The van der Waals surface area contributed by atoms with Gasteiger partial charge in [0.15, 0.2) is 0 Å². The van der Waals surface area contributed by atoms with E-state index in [2.05, 4.69) is 35.7 Å². The molecule has 0 unspecified atom stereocenters. The summed E-state index contributed by atoms with van der Waals surface area (Å²) in [5.41, 5.74) is 2.17. The molecule has 0 atom stereocenters. The number of anilines is 1. The highest BCUT2D eigenvalue weighted by Gasteiger charge is 2.06. The summed E-state index contributed by atoms with van der Waals surface area (Å²) in [5.74, 6) is 0.746. The Kier molecular flexibility index (Phi) is 5.10. The number of nitrogens with zero attached hydrogens (tertiary/aromatic N) is 3. The predicted molar refractivity (Wildman–Crippen MR) is 72.2 cm³/mol. The van der Waals surface area contributed by atoms with Crippen molar-refractivity contribution in [1.82, 2.24) is 15.3 Å². The Morgan fingerprint density at radius 3 is 2.76 bits per heavy atom. The van der Waals surface area contributed by atoms with Crippen LogP contribution < -0.4 is 10.2 Å². The first kappa shape index (κ1) is 13.6. The number of rotatable bonds is 6. The van der Waals surface area contributed by atoms with Crippen molar-refractivity contribution in [3.05, 3.63) is 30.1 Å². The van der Waals surface area contributed by atoms with Gasteiger partial charge in [0.25, 0.3) is 0 Å². The predicted octanol–water partition coefficient (Wildman–Crippen LogP) is 1.91. The highest BCUT2D eigenvalue weighted by molar-refractivity contribution is 5.32. The number of nitrogens with one attached hydrogen (secondary N) is 1. The van der Waals surface area contributed by atoms with Crippen LogP contribution in [0.5, 0.6) is 0 Å². The molecule has 0 aromatic carbocycles. The third-order valence-corrected chi connectivity index (χ3v) is 2.51. The van der Waals surface area contributed by atoms with Gasteiger partial charge in [-0.25, -0.2) is 9.97 Å². The van der Waals surface area contributed by atoms with Crippen molar-refractivity contribution in [1.29, 1.82) is 0 Å². The summed E-state index contributed by atoms with van der Waals surface area (Å²) in [5, 5.41) is 3.37. The molecule has 0 saturated heterocycles. The second kappa shape index (κ2) is 6.35. The summed E-state index contributed by atoms with van der Waals surface area (Å²) in [6.45, 7) is 11.5. The average Bonchev–Trinajstić information content (AvgIpc) is 2.27. The minimum Gasteiger partial charge on any atom is -0.340 e. The van der Waals surface area contributed by atoms with Gasteiger partial charge in [0.05, 0.1) is 0 Å². The molecule has 0 spiro atoms. The molecule has 0 aliphatic carbocycles. The third-order valence-electron chi connectivity index (χ3n) is 2.51. The Bertz CT molecular complexity index is 374. The number of hydrogen-bond donors (Lipinski definition) is 1. The second-order valence-electron chi connectivity index (χ2n) is 4.49. The van der Waals surface area contributed by atoms with E-state index in [1.165, 1.54) is 0 Å². The molecule has 1 N–H and O–H groups in total. The molecular formula is C13H22N4. The van der Waals surface area contributed by atoms with E-state index in [1.807, 2.05) is 31.1 Å². The topological polar surface area (TPSA) is 41.1 Å². The van der Waals surface area contributed by atoms with E-state index in [1.54, 1.807) is 0 Å². The molecule has 0 amide bonds. The standard InChI is InChI=1S/C13H22N4/c1-6-7-17(5)13-15-9-12(11(4)16-13)8-14-10(2)3/h6,9-10,14H,1,7-8H2,2-5H3. The summed E-state index contributed by atoms with van der Waals surface area (Å²) in [4.78, 5) is 10.8. The fraction of sp³-hybridized carbons (Fsp3) is 0.538. The molecule has 1 heterocycles. The molecule has 0 radical (unpaired) electrons. The lowest BCUT2D eigenvalue weighted by atomic mass is 10.2. The van der Waals surface area contributed by atoms with Crippen molar-refractivity contribution in [3.63, 3.8) is 0 Å². The minimum absolute atomic E-state index is 0.470. The van der Waals surface area contributed by atoms with Crippen LogP contribution in [0.1, 0.15) is 25.1 Å². The third kappa shape index (κ3) is 4.15. The molecule has 1 aromatic rings. The Labute approximate surface area is 104 Å². The number of likely N-dealkylation sites (N-methyl/N-ethyl adjacent to an activating group) is 1. The normalized spacial score (nSPS) is 10.6.